The number of aryl methyl sites for hydroxylation is 2. The number of aromatic nitrogens is 6. The van der Waals surface area contributed by atoms with Crippen LogP contribution in [-0.4, -0.2) is 41.8 Å². The molecule has 0 radical (unpaired) electrons. The molecule has 2 N–H and O–H groups in total. The van der Waals surface area contributed by atoms with Gasteiger partial charge in [0.15, 0.2) is 0 Å². The average molecular weight is 487 g/mol. The van der Waals surface area contributed by atoms with Crippen molar-refractivity contribution in [2.24, 2.45) is 0 Å². The van der Waals surface area contributed by atoms with Gasteiger partial charge in [-0.1, -0.05) is 71.1 Å². The highest BCUT2D eigenvalue weighted by Crippen LogP contribution is 2.21. The van der Waals surface area contributed by atoms with E-state index < -0.39 is 0 Å². The lowest BCUT2D eigenvalue weighted by Gasteiger charge is -2.15. The Morgan fingerprint density at radius 3 is 1.44 bits per heavy atom. The van der Waals surface area contributed by atoms with Gasteiger partial charge in [0.25, 0.3) is 0 Å². The van der Waals surface area contributed by atoms with E-state index in [-0.39, 0.29) is 23.9 Å². The number of carbonyl (C=O) groups is 2. The molecule has 0 bridgehead atoms. The van der Waals surface area contributed by atoms with E-state index in [1.807, 2.05) is 73.1 Å². The number of nitrogens with one attached hydrogen (secondary N) is 2. The van der Waals surface area contributed by atoms with Crippen LogP contribution < -0.4 is 10.6 Å². The van der Waals surface area contributed by atoms with Crippen molar-refractivity contribution in [3.8, 4) is 0 Å². The van der Waals surface area contributed by atoms with Gasteiger partial charge in [0, 0.05) is 26.9 Å². The molecule has 186 valence electrons. The van der Waals surface area contributed by atoms with Gasteiger partial charge in [-0.15, -0.1) is 10.2 Å². The summed E-state index contributed by atoms with van der Waals surface area (Å²) in [4.78, 5) is 23.5. The monoisotopic (exact) mass is 486 g/mol. The summed E-state index contributed by atoms with van der Waals surface area (Å²) >= 11 is 0. The lowest BCUT2D eigenvalue weighted by molar-refractivity contribution is -0.120. The number of benzene rings is 2. The molecule has 2 atom stereocenters. The lowest BCUT2D eigenvalue weighted by atomic mass is 10.0. The smallest absolute Gasteiger partial charge is 0.217 e. The minimum atomic E-state index is -0.341. The van der Waals surface area contributed by atoms with Gasteiger partial charge in [-0.3, -0.25) is 19.0 Å². The van der Waals surface area contributed by atoms with Crippen molar-refractivity contribution in [2.45, 2.75) is 51.9 Å². The highest BCUT2D eigenvalue weighted by Gasteiger charge is 2.20. The van der Waals surface area contributed by atoms with Crippen LogP contribution in [0.25, 0.3) is 0 Å². The molecule has 0 aliphatic carbocycles. The van der Waals surface area contributed by atoms with Gasteiger partial charge in [0.2, 0.25) is 11.8 Å². The number of hydrogen-bond acceptors (Lipinski definition) is 6. The summed E-state index contributed by atoms with van der Waals surface area (Å²) in [5, 5.41) is 23.0. The van der Waals surface area contributed by atoms with Crippen LogP contribution in [-0.2, 0) is 22.7 Å². The number of nitrogens with zero attached hydrogens (tertiary/aromatic N) is 6. The molecule has 0 spiro atoms. The maximum Gasteiger partial charge on any atom is 0.217 e. The van der Waals surface area contributed by atoms with Crippen molar-refractivity contribution in [3.63, 3.8) is 0 Å². The molecule has 2 aromatic heterocycles. The SMILES string of the molecule is CC(=O)NC(c1ccccc1)c1cn(CCCCn2cc(C(NC(C)=O)c3ccccc3)nn2)nn1. The van der Waals surface area contributed by atoms with Gasteiger partial charge >= 0.3 is 0 Å². The number of hydrogen-bond donors (Lipinski definition) is 2. The largest absolute Gasteiger partial charge is 0.344 e. The van der Waals surface area contributed by atoms with Crippen LogP contribution >= 0.6 is 0 Å². The summed E-state index contributed by atoms with van der Waals surface area (Å²) in [5.74, 6) is -0.253. The van der Waals surface area contributed by atoms with E-state index in [9.17, 15) is 9.59 Å². The maximum atomic E-state index is 11.7. The molecule has 0 saturated heterocycles. The predicted octanol–water partition coefficient (Wildman–Crippen LogP) is 2.80. The Kier molecular flexibility index (Phi) is 8.17. The summed E-state index contributed by atoms with van der Waals surface area (Å²) < 4.78 is 3.59. The molecule has 0 aliphatic rings. The Morgan fingerprint density at radius 1 is 0.694 bits per heavy atom. The van der Waals surface area contributed by atoms with E-state index in [0.717, 1.165) is 24.0 Å². The van der Waals surface area contributed by atoms with Gasteiger partial charge in [-0.05, 0) is 24.0 Å². The molecular weight excluding hydrogens is 456 g/mol. The predicted molar refractivity (Wildman–Crippen MR) is 133 cm³/mol. The Balaban J connectivity index is 1.33. The molecule has 10 heteroatoms. The first-order valence-corrected chi connectivity index (χ1v) is 11.9. The van der Waals surface area contributed by atoms with Crippen molar-refractivity contribution >= 4 is 11.8 Å². The fourth-order valence-corrected chi connectivity index (χ4v) is 4.01. The molecule has 2 unspecified atom stereocenters. The summed E-state index contributed by atoms with van der Waals surface area (Å²) in [6.45, 7) is 4.37. The van der Waals surface area contributed by atoms with Crippen molar-refractivity contribution in [1.82, 2.24) is 40.6 Å². The van der Waals surface area contributed by atoms with Crippen molar-refractivity contribution < 1.29 is 9.59 Å². The Labute approximate surface area is 209 Å². The lowest BCUT2D eigenvalue weighted by Crippen LogP contribution is -2.27. The first-order chi connectivity index (χ1) is 17.5. The van der Waals surface area contributed by atoms with E-state index in [1.54, 1.807) is 9.36 Å². The number of amides is 2. The quantitative estimate of drug-likeness (QED) is 0.315. The summed E-state index contributed by atoms with van der Waals surface area (Å²) in [5.41, 5.74) is 3.30. The van der Waals surface area contributed by atoms with Gasteiger partial charge in [-0.2, -0.15) is 0 Å². The second kappa shape index (κ2) is 11.9. The van der Waals surface area contributed by atoms with Gasteiger partial charge < -0.3 is 10.6 Å². The molecule has 36 heavy (non-hydrogen) atoms. The zero-order valence-corrected chi connectivity index (χ0v) is 20.4. The third kappa shape index (κ3) is 6.62. The molecule has 0 fully saturated rings. The van der Waals surface area contributed by atoms with E-state index in [2.05, 4.69) is 31.3 Å². The number of rotatable bonds is 11. The molecule has 2 amide bonds. The van der Waals surface area contributed by atoms with Crippen LogP contribution in [0.5, 0.6) is 0 Å². The fourth-order valence-electron chi connectivity index (χ4n) is 4.01. The van der Waals surface area contributed by atoms with Crippen LogP contribution in [0.3, 0.4) is 0 Å². The average Bonchev–Trinajstić information content (AvgIpc) is 3.54. The number of unbranched alkanes of at least 4 members (excludes halogenated alkanes) is 1. The molecule has 4 rings (SSSR count). The summed E-state index contributed by atoms with van der Waals surface area (Å²) in [6.07, 6.45) is 5.47. The summed E-state index contributed by atoms with van der Waals surface area (Å²) in [6, 6.07) is 18.8. The van der Waals surface area contributed by atoms with Crippen molar-refractivity contribution in [2.75, 3.05) is 0 Å². The van der Waals surface area contributed by atoms with Crippen molar-refractivity contribution in [3.05, 3.63) is 95.6 Å². The first kappa shape index (κ1) is 24.8. The Morgan fingerprint density at radius 2 is 1.08 bits per heavy atom. The number of carbonyl (C=O) groups excluding carboxylic acids is 2. The third-order valence-corrected chi connectivity index (χ3v) is 5.69. The van der Waals surface area contributed by atoms with E-state index >= 15 is 0 Å². The first-order valence-electron chi connectivity index (χ1n) is 11.9. The molecule has 0 saturated carbocycles. The molecule has 4 aromatic rings. The third-order valence-electron chi connectivity index (χ3n) is 5.69. The second-order valence-corrected chi connectivity index (χ2v) is 8.61. The molecule has 10 nitrogen and oxygen atoms in total. The molecule has 2 aromatic carbocycles. The van der Waals surface area contributed by atoms with Crippen LogP contribution in [0.15, 0.2) is 73.1 Å². The molecular formula is C26H30N8O2. The van der Waals surface area contributed by atoms with E-state index in [1.165, 1.54) is 13.8 Å². The molecule has 0 aliphatic heterocycles. The standard InChI is InChI=1S/C26H30N8O2/c1-19(35)27-25(21-11-5-3-6-12-21)23-17-33(31-29-23)15-9-10-16-34-18-24(30-32-34)26(28-20(2)36)22-13-7-4-8-14-22/h3-8,11-14,17-18,25-26H,9-10,15-16H2,1-2H3,(H,27,35)(H,28,36). The van der Waals surface area contributed by atoms with Gasteiger partial charge in [0.1, 0.15) is 11.4 Å². The van der Waals surface area contributed by atoms with Gasteiger partial charge in [0.05, 0.1) is 24.5 Å². The van der Waals surface area contributed by atoms with Crippen LogP contribution in [0.1, 0.15) is 61.3 Å². The van der Waals surface area contributed by atoms with E-state index in [4.69, 9.17) is 0 Å². The fraction of sp³-hybridized carbons (Fsp3) is 0.308. The Bertz CT molecular complexity index is 1170. The second-order valence-electron chi connectivity index (χ2n) is 8.61. The zero-order valence-electron chi connectivity index (χ0n) is 20.4. The maximum absolute atomic E-state index is 11.7. The van der Waals surface area contributed by atoms with Crippen LogP contribution in [0.4, 0.5) is 0 Å². The molecule has 2 heterocycles. The normalized spacial score (nSPS) is 12.6. The minimum absolute atomic E-state index is 0.126. The highest BCUT2D eigenvalue weighted by molar-refractivity contribution is 5.74. The minimum Gasteiger partial charge on any atom is -0.344 e. The zero-order chi connectivity index (χ0) is 25.3. The Hall–Kier alpha value is -4.34. The van der Waals surface area contributed by atoms with E-state index in [0.29, 0.717) is 24.5 Å². The van der Waals surface area contributed by atoms with Gasteiger partial charge in [-0.25, -0.2) is 0 Å². The summed E-state index contributed by atoms with van der Waals surface area (Å²) in [7, 11) is 0. The van der Waals surface area contributed by atoms with Crippen LogP contribution in [0.2, 0.25) is 0 Å². The van der Waals surface area contributed by atoms with Crippen molar-refractivity contribution in [1.29, 1.82) is 0 Å². The van der Waals surface area contributed by atoms with Crippen LogP contribution in [0, 0.1) is 0 Å². The topological polar surface area (TPSA) is 120 Å². The highest BCUT2D eigenvalue weighted by atomic mass is 16.2.